The first-order chi connectivity index (χ1) is 19.1. The number of piperidine rings is 1. The van der Waals surface area contributed by atoms with Crippen LogP contribution in [0.2, 0.25) is 6.32 Å². The van der Waals surface area contributed by atoms with Crippen molar-refractivity contribution in [3.63, 3.8) is 0 Å². The van der Waals surface area contributed by atoms with Crippen molar-refractivity contribution in [3.05, 3.63) is 29.6 Å². The topological polar surface area (TPSA) is 92.8 Å². The normalized spacial score (nSPS) is 24.4. The first kappa shape index (κ1) is 32.0. The lowest BCUT2D eigenvalue weighted by molar-refractivity contribution is -0.138. The largest absolute Gasteiger partial charge is 0.457 e. The number of hydrogen-bond donors (Lipinski definition) is 2. The molecule has 2 saturated heterocycles. The summed E-state index contributed by atoms with van der Waals surface area (Å²) in [5.41, 5.74) is 0.522. The second-order valence-corrected chi connectivity index (χ2v) is 14.6. The zero-order valence-electron chi connectivity index (χ0n) is 26.8. The summed E-state index contributed by atoms with van der Waals surface area (Å²) in [6.45, 7) is 17.6. The Labute approximate surface area is 248 Å². The maximum Gasteiger partial charge on any atom is 0.457 e. The lowest BCUT2D eigenvalue weighted by atomic mass is 9.72. The van der Waals surface area contributed by atoms with Gasteiger partial charge in [-0.05, 0) is 124 Å². The third-order valence-corrected chi connectivity index (χ3v) is 9.69. The van der Waals surface area contributed by atoms with Crippen molar-refractivity contribution in [2.75, 3.05) is 13.1 Å². The van der Waals surface area contributed by atoms with E-state index in [0.29, 0.717) is 12.5 Å². The van der Waals surface area contributed by atoms with Gasteiger partial charge in [-0.2, -0.15) is 0 Å². The Morgan fingerprint density at radius 2 is 1.71 bits per heavy atom. The lowest BCUT2D eigenvalue weighted by Crippen LogP contribution is -2.66. The molecule has 0 radical (unpaired) electrons. The Morgan fingerprint density at radius 1 is 1.05 bits per heavy atom. The van der Waals surface area contributed by atoms with Crippen molar-refractivity contribution in [3.8, 4) is 0 Å². The lowest BCUT2D eigenvalue weighted by Gasteiger charge is -2.47. The van der Waals surface area contributed by atoms with E-state index >= 15 is 0 Å². The van der Waals surface area contributed by atoms with E-state index in [0.717, 1.165) is 57.9 Å². The van der Waals surface area contributed by atoms with E-state index in [2.05, 4.69) is 49.3 Å². The van der Waals surface area contributed by atoms with Crippen LogP contribution in [0.1, 0.15) is 118 Å². The van der Waals surface area contributed by atoms with Crippen LogP contribution in [0.4, 0.5) is 0 Å². The smallest absolute Gasteiger partial charge is 0.403 e. The Hall–Kier alpha value is -1.97. The van der Waals surface area contributed by atoms with Crippen molar-refractivity contribution in [2.45, 2.75) is 141 Å². The van der Waals surface area contributed by atoms with Crippen molar-refractivity contribution < 1.29 is 18.9 Å². The molecule has 2 N–H and O–H groups in total. The SMILES string of the molecule is CC(=O)NC(CCCCB1OC(C)(C)C(C)(C)O1)(C(=O)NC(C)(C)C)C1CCN(C2CCCc3cccnc32)CC1. The average molecular weight is 569 g/mol. The predicted octanol–water partition coefficient (Wildman–Crippen LogP) is 5.22. The van der Waals surface area contributed by atoms with Crippen LogP contribution >= 0.6 is 0 Å². The number of nitrogens with one attached hydrogen (secondary N) is 2. The van der Waals surface area contributed by atoms with Crippen LogP contribution < -0.4 is 10.6 Å². The van der Waals surface area contributed by atoms with E-state index in [9.17, 15) is 9.59 Å². The molecule has 2 unspecified atom stereocenters. The first-order valence-electron chi connectivity index (χ1n) is 15.8. The van der Waals surface area contributed by atoms with Crippen LogP contribution in [0.25, 0.3) is 0 Å². The number of amides is 2. The number of aromatic nitrogens is 1. The van der Waals surface area contributed by atoms with Gasteiger partial charge in [0.05, 0.1) is 22.9 Å². The number of rotatable bonds is 9. The predicted molar refractivity (Wildman–Crippen MR) is 163 cm³/mol. The van der Waals surface area contributed by atoms with E-state index in [4.69, 9.17) is 14.3 Å². The van der Waals surface area contributed by atoms with Gasteiger partial charge in [-0.3, -0.25) is 19.5 Å². The fourth-order valence-electron chi connectivity index (χ4n) is 6.93. The van der Waals surface area contributed by atoms with E-state index < -0.39 is 11.1 Å². The fourth-order valence-corrected chi connectivity index (χ4v) is 6.93. The molecular weight excluding hydrogens is 515 g/mol. The summed E-state index contributed by atoms with van der Waals surface area (Å²) in [4.78, 5) is 34.1. The van der Waals surface area contributed by atoms with Gasteiger partial charge >= 0.3 is 7.12 Å². The number of carbonyl (C=O) groups is 2. The molecule has 4 rings (SSSR count). The van der Waals surface area contributed by atoms with E-state index in [1.54, 1.807) is 0 Å². The van der Waals surface area contributed by atoms with Crippen LogP contribution in [0.15, 0.2) is 18.3 Å². The molecular formula is C32H53BN4O4. The molecule has 3 aliphatic rings. The maximum atomic E-state index is 14.1. The molecule has 1 aromatic rings. The Kier molecular flexibility index (Phi) is 9.61. The first-order valence-corrected chi connectivity index (χ1v) is 15.8. The molecule has 2 amide bonds. The van der Waals surface area contributed by atoms with Gasteiger partial charge < -0.3 is 19.9 Å². The van der Waals surface area contributed by atoms with Crippen molar-refractivity contribution >= 4 is 18.9 Å². The standard InChI is InChI=1S/C32H53BN4O4/c1-23(38)35-32(28(39)36-29(2,3)4,18-9-10-19-33-40-30(5,6)31(7,8)41-33)25-16-21-37(22-17-25)26-15-11-13-24-14-12-20-34-27(24)26/h12,14,20,25-26H,9-11,13,15-19,21-22H2,1-8H3,(H,35,38)(H,36,39). The van der Waals surface area contributed by atoms with Gasteiger partial charge in [0.25, 0.3) is 0 Å². The summed E-state index contributed by atoms with van der Waals surface area (Å²) in [5, 5.41) is 6.43. The minimum Gasteiger partial charge on any atom is -0.403 e. The average Bonchev–Trinajstić information content (AvgIpc) is 3.10. The van der Waals surface area contributed by atoms with E-state index in [1.807, 2.05) is 33.0 Å². The zero-order chi connectivity index (χ0) is 30.1. The minimum absolute atomic E-state index is 0.0497. The number of carbonyl (C=O) groups excluding carboxylic acids is 2. The number of aryl methyl sites for hydroxylation is 1. The van der Waals surface area contributed by atoms with Crippen LogP contribution in [0.3, 0.4) is 0 Å². The molecule has 9 heteroatoms. The molecule has 0 spiro atoms. The van der Waals surface area contributed by atoms with Crippen LogP contribution in [-0.2, 0) is 25.3 Å². The van der Waals surface area contributed by atoms with Crippen molar-refractivity contribution in [1.82, 2.24) is 20.5 Å². The highest BCUT2D eigenvalue weighted by atomic mass is 16.7. The van der Waals surface area contributed by atoms with E-state index in [1.165, 1.54) is 24.6 Å². The van der Waals surface area contributed by atoms with Gasteiger partial charge in [-0.25, -0.2) is 0 Å². The molecule has 41 heavy (non-hydrogen) atoms. The molecule has 1 aromatic heterocycles. The third-order valence-electron chi connectivity index (χ3n) is 9.69. The number of fused-ring (bicyclic) bond motifs is 1. The summed E-state index contributed by atoms with van der Waals surface area (Å²) in [7, 11) is -0.256. The molecule has 0 aromatic carbocycles. The molecule has 2 fully saturated rings. The van der Waals surface area contributed by atoms with Gasteiger partial charge in [0.2, 0.25) is 11.8 Å². The third kappa shape index (κ3) is 7.34. The quantitative estimate of drug-likeness (QED) is 0.313. The highest BCUT2D eigenvalue weighted by molar-refractivity contribution is 6.45. The molecule has 0 bridgehead atoms. The fraction of sp³-hybridized carbons (Fsp3) is 0.781. The molecule has 228 valence electrons. The van der Waals surface area contributed by atoms with Gasteiger partial charge in [0.1, 0.15) is 5.54 Å². The Balaban J connectivity index is 1.47. The Bertz CT molecular complexity index is 1060. The van der Waals surface area contributed by atoms with Gasteiger partial charge in [0.15, 0.2) is 0 Å². The second-order valence-electron chi connectivity index (χ2n) is 14.6. The molecule has 8 nitrogen and oxygen atoms in total. The van der Waals surface area contributed by atoms with Crippen LogP contribution in [0, 0.1) is 5.92 Å². The number of hydrogen-bond acceptors (Lipinski definition) is 6. The summed E-state index contributed by atoms with van der Waals surface area (Å²) in [5.74, 6) is -0.180. The summed E-state index contributed by atoms with van der Waals surface area (Å²) < 4.78 is 12.4. The zero-order valence-corrected chi connectivity index (χ0v) is 26.8. The number of unbranched alkanes of at least 4 members (excludes halogenated alkanes) is 1. The Morgan fingerprint density at radius 3 is 2.32 bits per heavy atom. The number of pyridine rings is 1. The van der Waals surface area contributed by atoms with Gasteiger partial charge in [-0.1, -0.05) is 18.9 Å². The molecule has 2 atom stereocenters. The van der Waals surface area contributed by atoms with Crippen LogP contribution in [0.5, 0.6) is 0 Å². The molecule has 2 aliphatic heterocycles. The monoisotopic (exact) mass is 568 g/mol. The van der Waals surface area contributed by atoms with E-state index in [-0.39, 0.29) is 36.1 Å². The maximum absolute atomic E-state index is 14.1. The molecule has 3 heterocycles. The van der Waals surface area contributed by atoms with Gasteiger partial charge in [0, 0.05) is 18.7 Å². The van der Waals surface area contributed by atoms with Gasteiger partial charge in [-0.15, -0.1) is 0 Å². The number of likely N-dealkylation sites (tertiary alicyclic amines) is 1. The minimum atomic E-state index is -0.955. The van der Waals surface area contributed by atoms with Crippen molar-refractivity contribution in [1.29, 1.82) is 0 Å². The highest BCUT2D eigenvalue weighted by Gasteiger charge is 2.51. The van der Waals surface area contributed by atoms with Crippen LogP contribution in [-0.4, -0.2) is 64.2 Å². The second kappa shape index (κ2) is 12.3. The summed E-state index contributed by atoms with van der Waals surface area (Å²) in [6, 6.07) is 4.58. The van der Waals surface area contributed by atoms with Crippen molar-refractivity contribution in [2.24, 2.45) is 5.92 Å². The molecule has 1 aliphatic carbocycles. The summed E-state index contributed by atoms with van der Waals surface area (Å²) >= 11 is 0. The number of nitrogens with zero attached hydrogens (tertiary/aromatic N) is 2. The highest BCUT2D eigenvalue weighted by Crippen LogP contribution is 2.41. The summed E-state index contributed by atoms with van der Waals surface area (Å²) in [6.07, 6.45) is 10.0. The molecule has 0 saturated carbocycles.